The second-order valence-corrected chi connectivity index (χ2v) is 13.1. The zero-order valence-corrected chi connectivity index (χ0v) is 25.5. The van der Waals surface area contributed by atoms with Gasteiger partial charge in [-0.05, 0) is 84.1 Å². The quantitative estimate of drug-likeness (QED) is 0.228. The lowest BCUT2D eigenvalue weighted by Gasteiger charge is -2.25. The number of carbonyl (C=O) groups is 3. The molecule has 37 heavy (non-hydrogen) atoms. The number of ether oxygens (including phenoxy) is 1. The molecular weight excluding hydrogens is 483 g/mol. The predicted molar refractivity (Wildman–Crippen MR) is 153 cm³/mol. The molecule has 0 saturated heterocycles. The number of benzene rings is 2. The number of hydrogen-bond donors (Lipinski definition) is 0. The minimum atomic E-state index is -4.20. The van der Waals surface area contributed by atoms with E-state index in [9.17, 15) is 18.9 Å². The Balaban J connectivity index is 0.00000334. The fourth-order valence-electron chi connectivity index (χ4n) is 4.95. The van der Waals surface area contributed by atoms with Gasteiger partial charge in [-0.15, -0.1) is 0 Å². The third kappa shape index (κ3) is 7.98. The number of hydrogen-bond acceptors (Lipinski definition) is 5. The van der Waals surface area contributed by atoms with E-state index in [1.54, 1.807) is 27.7 Å². The fourth-order valence-corrected chi connectivity index (χ4v) is 7.47. The SMILES string of the molecule is CC.CCCC(C)(C)OC(=O)CCP(=O)(C(=O)c1c(C)cc(C)cc1C)C(=O)c1c(C)cc(C)cc1C. The maximum Gasteiger partial charge on any atom is 0.306 e. The van der Waals surface area contributed by atoms with E-state index < -0.39 is 29.8 Å². The minimum absolute atomic E-state index is 0.268. The standard InChI is InChI=1S/C29H39O5P.C2H6/c1-10-12-29(8,9)34-24(30)11-13-35(33,27(31)25-20(4)14-18(2)15-21(25)5)28(32)26-22(6)16-19(3)17-23(26)7;1-2/h14-17H,10-13H2,1-9H3;1-2H3. The second kappa shape index (κ2) is 13.3. The maximum absolute atomic E-state index is 14.5. The van der Waals surface area contributed by atoms with Gasteiger partial charge in [0.15, 0.2) is 0 Å². The van der Waals surface area contributed by atoms with Gasteiger partial charge in [0.05, 0.1) is 6.42 Å². The Kier molecular flexibility index (Phi) is 11.7. The first kappa shape index (κ1) is 32.5. The summed E-state index contributed by atoms with van der Waals surface area (Å²) < 4.78 is 20.1. The Bertz CT molecular complexity index is 1090. The summed E-state index contributed by atoms with van der Waals surface area (Å²) in [6.45, 7) is 20.6. The van der Waals surface area contributed by atoms with Crippen LogP contribution in [0.15, 0.2) is 24.3 Å². The largest absolute Gasteiger partial charge is 0.460 e. The third-order valence-electron chi connectivity index (χ3n) is 6.31. The molecule has 0 radical (unpaired) electrons. The van der Waals surface area contributed by atoms with Crippen LogP contribution in [0.5, 0.6) is 0 Å². The van der Waals surface area contributed by atoms with Gasteiger partial charge in [0.25, 0.3) is 0 Å². The smallest absolute Gasteiger partial charge is 0.306 e. The van der Waals surface area contributed by atoms with Gasteiger partial charge < -0.3 is 9.30 Å². The molecule has 0 aromatic heterocycles. The lowest BCUT2D eigenvalue weighted by atomic mass is 10.0. The number of carbonyl (C=O) groups excluding carboxylic acids is 3. The third-order valence-corrected chi connectivity index (χ3v) is 8.92. The number of aryl methyl sites for hydroxylation is 6. The molecule has 0 aliphatic carbocycles. The summed E-state index contributed by atoms with van der Waals surface area (Å²) in [5.41, 5.74) is 3.20. The van der Waals surface area contributed by atoms with Crippen LogP contribution in [0.1, 0.15) is 108 Å². The van der Waals surface area contributed by atoms with Crippen LogP contribution in [-0.2, 0) is 14.1 Å². The van der Waals surface area contributed by atoms with E-state index in [2.05, 4.69) is 0 Å². The molecule has 0 aliphatic heterocycles. The highest BCUT2D eigenvalue weighted by molar-refractivity contribution is 7.95. The molecule has 0 N–H and O–H groups in total. The maximum atomic E-state index is 14.5. The first-order valence-corrected chi connectivity index (χ1v) is 15.1. The molecule has 0 spiro atoms. The second-order valence-electron chi connectivity index (χ2n) is 10.4. The van der Waals surface area contributed by atoms with Crippen molar-refractivity contribution in [2.24, 2.45) is 0 Å². The predicted octanol–water partition coefficient (Wildman–Crippen LogP) is 8.42. The summed E-state index contributed by atoms with van der Waals surface area (Å²) in [4.78, 5) is 40.5. The van der Waals surface area contributed by atoms with Gasteiger partial charge in [-0.25, -0.2) is 0 Å². The first-order valence-electron chi connectivity index (χ1n) is 13.2. The summed E-state index contributed by atoms with van der Waals surface area (Å²) in [5, 5.41) is 0. The molecule has 0 unspecified atom stereocenters. The van der Waals surface area contributed by atoms with E-state index in [0.29, 0.717) is 39.8 Å². The summed E-state index contributed by atoms with van der Waals surface area (Å²) >= 11 is 0. The van der Waals surface area contributed by atoms with Crippen LogP contribution in [0.25, 0.3) is 0 Å². The van der Waals surface area contributed by atoms with Crippen LogP contribution in [-0.4, -0.2) is 28.8 Å². The Morgan fingerprint density at radius 2 is 1.11 bits per heavy atom. The zero-order chi connectivity index (χ0) is 28.7. The van der Waals surface area contributed by atoms with Crippen molar-refractivity contribution < 1.29 is 23.7 Å². The van der Waals surface area contributed by atoms with E-state index in [4.69, 9.17) is 4.74 Å². The van der Waals surface area contributed by atoms with Crippen molar-refractivity contribution in [2.75, 3.05) is 6.16 Å². The van der Waals surface area contributed by atoms with Crippen LogP contribution in [0.4, 0.5) is 0 Å². The van der Waals surface area contributed by atoms with Gasteiger partial charge >= 0.3 is 5.97 Å². The number of rotatable bonds is 10. The normalized spacial score (nSPS) is 11.4. The number of esters is 1. The molecule has 0 heterocycles. The van der Waals surface area contributed by atoms with Crippen molar-refractivity contribution >= 4 is 24.2 Å². The molecule has 0 fully saturated rings. The van der Waals surface area contributed by atoms with Crippen LogP contribution in [0.3, 0.4) is 0 Å². The van der Waals surface area contributed by atoms with Crippen molar-refractivity contribution in [1.29, 1.82) is 0 Å². The van der Waals surface area contributed by atoms with Crippen LogP contribution in [0, 0.1) is 41.5 Å². The molecule has 2 aromatic rings. The van der Waals surface area contributed by atoms with Crippen molar-refractivity contribution in [2.45, 2.75) is 101 Å². The summed E-state index contributed by atoms with van der Waals surface area (Å²) in [6, 6.07) is 7.38. The van der Waals surface area contributed by atoms with Gasteiger partial charge in [0, 0.05) is 17.3 Å². The Hall–Kier alpha value is -2.52. The summed E-state index contributed by atoms with van der Waals surface area (Å²) in [5.74, 6) is -0.557. The summed E-state index contributed by atoms with van der Waals surface area (Å²) in [7, 11) is -4.20. The monoisotopic (exact) mass is 528 g/mol. The van der Waals surface area contributed by atoms with Gasteiger partial charge in [0.2, 0.25) is 18.2 Å². The van der Waals surface area contributed by atoms with Crippen LogP contribution in [0.2, 0.25) is 0 Å². The van der Waals surface area contributed by atoms with Crippen molar-refractivity contribution in [3.63, 3.8) is 0 Å². The molecule has 0 aliphatic rings. The average Bonchev–Trinajstić information content (AvgIpc) is 2.76. The van der Waals surface area contributed by atoms with E-state index in [1.807, 2.05) is 72.7 Å². The van der Waals surface area contributed by atoms with Crippen molar-refractivity contribution in [3.8, 4) is 0 Å². The Morgan fingerprint density at radius 3 is 1.43 bits per heavy atom. The molecule has 0 bridgehead atoms. The van der Waals surface area contributed by atoms with E-state index in [0.717, 1.165) is 17.5 Å². The molecular formula is C31H45O5P. The molecule has 204 valence electrons. The minimum Gasteiger partial charge on any atom is -0.460 e. The van der Waals surface area contributed by atoms with Crippen molar-refractivity contribution in [3.05, 3.63) is 68.8 Å². The summed E-state index contributed by atoms with van der Waals surface area (Å²) in [6.07, 6.45) is 0.895. The van der Waals surface area contributed by atoms with Gasteiger partial charge in [-0.2, -0.15) is 0 Å². The first-order chi connectivity index (χ1) is 17.1. The van der Waals surface area contributed by atoms with E-state index in [-0.39, 0.29) is 12.6 Å². The van der Waals surface area contributed by atoms with Gasteiger partial charge in [-0.3, -0.25) is 14.4 Å². The molecule has 2 rings (SSSR count). The molecule has 2 aromatic carbocycles. The molecule has 6 heteroatoms. The molecule has 0 atom stereocenters. The van der Waals surface area contributed by atoms with Crippen LogP contribution >= 0.6 is 7.14 Å². The fraction of sp³-hybridized carbons (Fsp3) is 0.516. The highest BCUT2D eigenvalue weighted by Gasteiger charge is 2.43. The van der Waals surface area contributed by atoms with Crippen LogP contribution < -0.4 is 0 Å². The highest BCUT2D eigenvalue weighted by Crippen LogP contribution is 2.54. The molecule has 5 nitrogen and oxygen atoms in total. The lowest BCUT2D eigenvalue weighted by molar-refractivity contribution is -0.156. The van der Waals surface area contributed by atoms with Gasteiger partial charge in [0.1, 0.15) is 5.60 Å². The van der Waals surface area contributed by atoms with Crippen molar-refractivity contribution in [1.82, 2.24) is 0 Å². The lowest BCUT2D eigenvalue weighted by Crippen LogP contribution is -2.28. The Morgan fingerprint density at radius 1 is 0.757 bits per heavy atom. The molecule has 0 saturated carbocycles. The topological polar surface area (TPSA) is 77.5 Å². The average molecular weight is 529 g/mol. The van der Waals surface area contributed by atoms with E-state index >= 15 is 0 Å². The van der Waals surface area contributed by atoms with E-state index in [1.165, 1.54) is 0 Å². The zero-order valence-electron chi connectivity index (χ0n) is 24.6. The highest BCUT2D eigenvalue weighted by atomic mass is 31.2. The Labute approximate surface area is 223 Å². The molecule has 0 amide bonds. The van der Waals surface area contributed by atoms with Gasteiger partial charge in [-0.1, -0.05) is 62.6 Å².